The lowest BCUT2D eigenvalue weighted by Gasteiger charge is -1.93. The predicted octanol–water partition coefficient (Wildman–Crippen LogP) is 2.68. The highest BCUT2D eigenvalue weighted by Crippen LogP contribution is 2.25. The minimum absolute atomic E-state index is 0.0988. The van der Waals surface area contributed by atoms with Gasteiger partial charge in [-0.05, 0) is 28.1 Å². The van der Waals surface area contributed by atoms with Crippen LogP contribution in [0.5, 0.6) is 0 Å². The van der Waals surface area contributed by atoms with E-state index < -0.39 is 5.97 Å². The first-order valence-electron chi connectivity index (χ1n) is 3.66. The maximum absolute atomic E-state index is 10.6. The highest BCUT2D eigenvalue weighted by Gasteiger charge is 2.09. The molecule has 0 amide bonds. The molecule has 0 bridgehead atoms. The summed E-state index contributed by atoms with van der Waals surface area (Å²) in [4.78, 5) is 17.3. The van der Waals surface area contributed by atoms with Crippen molar-refractivity contribution in [3.63, 3.8) is 0 Å². The average Bonchev–Trinajstić information content (AvgIpc) is 2.48. The Kier molecular flexibility index (Phi) is 2.20. The van der Waals surface area contributed by atoms with E-state index in [2.05, 4.69) is 25.9 Å². The number of carbonyl (C=O) groups is 1. The molecule has 0 spiro atoms. The van der Waals surface area contributed by atoms with Gasteiger partial charge in [0.1, 0.15) is 16.5 Å². The van der Waals surface area contributed by atoms with Gasteiger partial charge in [0.2, 0.25) is 0 Å². The fourth-order valence-corrected chi connectivity index (χ4v) is 1.60. The number of nitrogens with one attached hydrogen (secondary N) is 1. The van der Waals surface area contributed by atoms with Crippen LogP contribution in [0.4, 0.5) is 0 Å². The highest BCUT2D eigenvalue weighted by atomic mass is 79.9. The van der Waals surface area contributed by atoms with E-state index in [0.717, 1.165) is 0 Å². The maximum Gasteiger partial charge on any atom is 0.352 e. The molecule has 0 saturated carbocycles. The normalized spacial score (nSPS) is 10.7. The smallest absolute Gasteiger partial charge is 0.352 e. The van der Waals surface area contributed by atoms with Crippen molar-refractivity contribution < 1.29 is 9.90 Å². The van der Waals surface area contributed by atoms with E-state index >= 15 is 0 Å². The number of carboxylic acids is 1. The first-order chi connectivity index (χ1) is 6.58. The van der Waals surface area contributed by atoms with Gasteiger partial charge in [0.25, 0.3) is 0 Å². The number of aromatic amines is 1. The molecule has 2 aromatic rings. The van der Waals surface area contributed by atoms with Crippen LogP contribution in [0.3, 0.4) is 0 Å². The van der Waals surface area contributed by atoms with Crippen molar-refractivity contribution in [3.8, 4) is 0 Å². The van der Waals surface area contributed by atoms with Crippen molar-refractivity contribution in [1.29, 1.82) is 0 Å². The van der Waals surface area contributed by atoms with E-state index in [1.807, 2.05) is 0 Å². The Morgan fingerprint density at radius 2 is 2.29 bits per heavy atom. The molecule has 0 radical (unpaired) electrons. The van der Waals surface area contributed by atoms with Crippen molar-refractivity contribution >= 4 is 44.5 Å². The van der Waals surface area contributed by atoms with E-state index in [0.29, 0.717) is 20.7 Å². The van der Waals surface area contributed by atoms with E-state index in [9.17, 15) is 4.79 Å². The second-order valence-electron chi connectivity index (χ2n) is 2.69. The van der Waals surface area contributed by atoms with Crippen molar-refractivity contribution in [1.82, 2.24) is 9.97 Å². The molecule has 72 valence electrons. The Labute approximate surface area is 92.0 Å². The third-order valence-electron chi connectivity index (χ3n) is 1.75. The number of fused-ring (bicyclic) bond motifs is 1. The van der Waals surface area contributed by atoms with Crippen LogP contribution in [0, 0.1) is 0 Å². The molecular weight excluding hydrogens is 271 g/mol. The van der Waals surface area contributed by atoms with Gasteiger partial charge in [0, 0.05) is 5.39 Å². The quantitative estimate of drug-likeness (QED) is 0.786. The summed E-state index contributed by atoms with van der Waals surface area (Å²) in [5.74, 6) is -1.02. The summed E-state index contributed by atoms with van der Waals surface area (Å²) in [6.45, 7) is 0. The van der Waals surface area contributed by atoms with Crippen LogP contribution in [0.15, 0.2) is 16.6 Å². The number of aromatic carboxylic acids is 1. The fraction of sp³-hybridized carbons (Fsp3) is 0. The molecule has 0 aliphatic heterocycles. The van der Waals surface area contributed by atoms with Crippen LogP contribution in [0.2, 0.25) is 5.15 Å². The zero-order valence-corrected chi connectivity index (χ0v) is 9.06. The summed E-state index contributed by atoms with van der Waals surface area (Å²) in [6.07, 6.45) is 0. The van der Waals surface area contributed by atoms with Crippen LogP contribution < -0.4 is 0 Å². The molecular formula is C8H4BrClN2O2. The zero-order valence-electron chi connectivity index (χ0n) is 6.71. The molecule has 0 aromatic carbocycles. The number of hydrogen-bond donors (Lipinski definition) is 2. The molecule has 0 saturated heterocycles. The van der Waals surface area contributed by atoms with Gasteiger partial charge in [-0.2, -0.15) is 0 Å². The van der Waals surface area contributed by atoms with Crippen molar-refractivity contribution in [2.75, 3.05) is 0 Å². The monoisotopic (exact) mass is 274 g/mol. The Bertz CT molecular complexity index is 484. The van der Waals surface area contributed by atoms with Gasteiger partial charge < -0.3 is 10.1 Å². The maximum atomic E-state index is 10.6. The molecule has 2 aromatic heterocycles. The molecule has 0 atom stereocenters. The minimum atomic E-state index is -1.02. The van der Waals surface area contributed by atoms with Gasteiger partial charge in [0.05, 0.1) is 4.47 Å². The summed E-state index contributed by atoms with van der Waals surface area (Å²) in [6, 6.07) is 3.22. The van der Waals surface area contributed by atoms with Crippen LogP contribution in [-0.2, 0) is 0 Å². The Hall–Kier alpha value is -1.07. The first kappa shape index (κ1) is 9.48. The van der Waals surface area contributed by atoms with Crippen LogP contribution in [0.1, 0.15) is 10.5 Å². The largest absolute Gasteiger partial charge is 0.477 e. The van der Waals surface area contributed by atoms with Crippen LogP contribution >= 0.6 is 27.5 Å². The summed E-state index contributed by atoms with van der Waals surface area (Å²) in [5, 5.41) is 9.73. The molecule has 2 heterocycles. The number of aromatic nitrogens is 2. The number of carboxylic acid groups (broad SMARTS) is 1. The van der Waals surface area contributed by atoms with E-state index in [4.69, 9.17) is 16.7 Å². The summed E-state index contributed by atoms with van der Waals surface area (Å²) in [7, 11) is 0. The van der Waals surface area contributed by atoms with E-state index in [1.165, 1.54) is 6.07 Å². The molecule has 0 unspecified atom stereocenters. The summed E-state index contributed by atoms with van der Waals surface area (Å²) >= 11 is 8.96. The Morgan fingerprint density at radius 1 is 1.57 bits per heavy atom. The second-order valence-corrected chi connectivity index (χ2v) is 3.90. The van der Waals surface area contributed by atoms with Crippen LogP contribution in [-0.4, -0.2) is 21.0 Å². The standard InChI is InChI=1S/C8H4BrClN2O2/c9-4-1-3-2-5(8(13)14)11-7(3)12-6(4)10/h1-2H,(H,11,12)(H,13,14). The average molecular weight is 275 g/mol. The molecule has 0 aliphatic carbocycles. The van der Waals surface area contributed by atoms with Crippen molar-refractivity contribution in [2.24, 2.45) is 0 Å². The number of H-pyrrole nitrogens is 1. The number of pyridine rings is 1. The van der Waals surface area contributed by atoms with Gasteiger partial charge >= 0.3 is 5.97 Å². The van der Waals surface area contributed by atoms with Gasteiger partial charge in [0.15, 0.2) is 0 Å². The van der Waals surface area contributed by atoms with Crippen LogP contribution in [0.25, 0.3) is 11.0 Å². The summed E-state index contributed by atoms with van der Waals surface area (Å²) < 4.78 is 0.641. The molecule has 4 nitrogen and oxygen atoms in total. The zero-order chi connectivity index (χ0) is 10.3. The first-order valence-corrected chi connectivity index (χ1v) is 4.83. The molecule has 14 heavy (non-hydrogen) atoms. The third kappa shape index (κ3) is 1.49. The van der Waals surface area contributed by atoms with Crippen molar-refractivity contribution in [2.45, 2.75) is 0 Å². The number of hydrogen-bond acceptors (Lipinski definition) is 2. The van der Waals surface area contributed by atoms with Gasteiger partial charge in [-0.15, -0.1) is 0 Å². The fourth-order valence-electron chi connectivity index (χ4n) is 1.13. The molecule has 2 N–H and O–H groups in total. The minimum Gasteiger partial charge on any atom is -0.477 e. The number of nitrogens with zero attached hydrogens (tertiary/aromatic N) is 1. The molecule has 2 rings (SSSR count). The SMILES string of the molecule is O=C(O)c1cc2cc(Br)c(Cl)nc2[nH]1. The molecule has 6 heteroatoms. The van der Waals surface area contributed by atoms with Gasteiger partial charge in [-0.25, -0.2) is 9.78 Å². The summed E-state index contributed by atoms with van der Waals surface area (Å²) in [5.41, 5.74) is 0.567. The van der Waals surface area contributed by atoms with Crippen molar-refractivity contribution in [3.05, 3.63) is 27.5 Å². The third-order valence-corrected chi connectivity index (χ3v) is 2.87. The second kappa shape index (κ2) is 3.25. The number of halogens is 2. The lowest BCUT2D eigenvalue weighted by atomic mass is 10.3. The Balaban J connectivity index is 2.72. The van der Waals surface area contributed by atoms with Gasteiger partial charge in [-0.1, -0.05) is 11.6 Å². The Morgan fingerprint density at radius 3 is 2.93 bits per heavy atom. The molecule has 0 fully saturated rings. The lowest BCUT2D eigenvalue weighted by molar-refractivity contribution is 0.0691. The highest BCUT2D eigenvalue weighted by molar-refractivity contribution is 9.10. The van der Waals surface area contributed by atoms with E-state index in [1.54, 1.807) is 6.07 Å². The van der Waals surface area contributed by atoms with Gasteiger partial charge in [-0.3, -0.25) is 0 Å². The van der Waals surface area contributed by atoms with E-state index in [-0.39, 0.29) is 5.69 Å². The topological polar surface area (TPSA) is 66.0 Å². The lowest BCUT2D eigenvalue weighted by Crippen LogP contribution is -1.95. The predicted molar refractivity (Wildman–Crippen MR) is 55.8 cm³/mol. The number of rotatable bonds is 1. The molecule has 0 aliphatic rings.